The zero-order valence-electron chi connectivity index (χ0n) is 15.9. The minimum atomic E-state index is -0.539. The number of nitrogens with zero attached hydrogens (tertiary/aromatic N) is 2. The largest absolute Gasteiger partial charge is 0.314 e. The number of rotatable bonds is 5. The maximum Gasteiger partial charge on any atom is 0.236 e. The topological polar surface area (TPSA) is 62.3 Å². The summed E-state index contributed by atoms with van der Waals surface area (Å²) in [5.74, 6) is 0.143. The lowest BCUT2D eigenvalue weighted by Crippen LogP contribution is -2.33. The third kappa shape index (κ3) is 3.03. The number of amides is 2. The Hall–Kier alpha value is -2.21. The molecule has 1 aromatic heterocycles. The SMILES string of the molecule is CCC(CC)C(=O)Nc1nc(-c2ccc3c(c2)C(C)(C)C(=O)N3C)cs1. The number of nitrogens with one attached hydrogen (secondary N) is 1. The molecule has 1 aromatic carbocycles. The summed E-state index contributed by atoms with van der Waals surface area (Å²) < 4.78 is 0. The predicted octanol–water partition coefficient (Wildman–Crippen LogP) is 4.44. The van der Waals surface area contributed by atoms with E-state index in [2.05, 4.69) is 10.3 Å². The Kier molecular flexibility index (Phi) is 4.88. The van der Waals surface area contributed by atoms with Gasteiger partial charge < -0.3 is 10.2 Å². The second-order valence-corrected chi connectivity index (χ2v) is 8.12. The van der Waals surface area contributed by atoms with Gasteiger partial charge in [-0.1, -0.05) is 19.9 Å². The molecular weight excluding hydrogens is 346 g/mol. The van der Waals surface area contributed by atoms with Crippen molar-refractivity contribution in [1.29, 1.82) is 0 Å². The Balaban J connectivity index is 1.86. The van der Waals surface area contributed by atoms with Crippen LogP contribution in [0.4, 0.5) is 10.8 Å². The van der Waals surface area contributed by atoms with Crippen molar-refractivity contribution in [2.75, 3.05) is 17.3 Å². The zero-order chi connectivity index (χ0) is 19.1. The first kappa shape index (κ1) is 18.6. The quantitative estimate of drug-likeness (QED) is 0.845. The number of likely N-dealkylation sites (N-methyl/N-ethyl adjacent to an activating group) is 1. The molecule has 2 heterocycles. The van der Waals surface area contributed by atoms with Crippen molar-refractivity contribution in [3.63, 3.8) is 0 Å². The molecule has 2 aromatic rings. The highest BCUT2D eigenvalue weighted by molar-refractivity contribution is 7.14. The molecule has 0 unspecified atom stereocenters. The van der Waals surface area contributed by atoms with Crippen LogP contribution in [0.25, 0.3) is 11.3 Å². The number of carbonyl (C=O) groups is 2. The van der Waals surface area contributed by atoms with E-state index in [0.717, 1.165) is 35.3 Å². The fourth-order valence-electron chi connectivity index (χ4n) is 3.46. The summed E-state index contributed by atoms with van der Waals surface area (Å²) >= 11 is 1.42. The van der Waals surface area contributed by atoms with Gasteiger partial charge in [0.1, 0.15) is 0 Å². The highest BCUT2D eigenvalue weighted by atomic mass is 32.1. The molecular formula is C20H25N3O2S. The van der Waals surface area contributed by atoms with E-state index >= 15 is 0 Å². The minimum absolute atomic E-state index is 0.0182. The van der Waals surface area contributed by atoms with E-state index in [9.17, 15) is 9.59 Å². The highest BCUT2D eigenvalue weighted by Gasteiger charge is 2.42. The molecule has 0 saturated heterocycles. The molecule has 5 nitrogen and oxygen atoms in total. The average molecular weight is 372 g/mol. The van der Waals surface area contributed by atoms with Crippen LogP contribution in [0.3, 0.4) is 0 Å². The summed E-state index contributed by atoms with van der Waals surface area (Å²) in [7, 11) is 1.81. The minimum Gasteiger partial charge on any atom is -0.314 e. The first-order valence-corrected chi connectivity index (χ1v) is 9.87. The molecule has 1 aliphatic rings. The van der Waals surface area contributed by atoms with Crippen LogP contribution in [-0.4, -0.2) is 23.8 Å². The predicted molar refractivity (Wildman–Crippen MR) is 107 cm³/mol. The van der Waals surface area contributed by atoms with E-state index < -0.39 is 5.41 Å². The van der Waals surface area contributed by atoms with Crippen molar-refractivity contribution in [2.24, 2.45) is 5.92 Å². The van der Waals surface area contributed by atoms with Gasteiger partial charge in [0.2, 0.25) is 11.8 Å². The van der Waals surface area contributed by atoms with Crippen LogP contribution in [0.1, 0.15) is 46.1 Å². The Morgan fingerprint density at radius 1 is 1.31 bits per heavy atom. The van der Waals surface area contributed by atoms with E-state index in [4.69, 9.17) is 0 Å². The lowest BCUT2D eigenvalue weighted by atomic mass is 9.85. The molecule has 0 fully saturated rings. The third-order valence-electron chi connectivity index (χ3n) is 5.26. The Bertz CT molecular complexity index is 852. The molecule has 0 radical (unpaired) electrons. The number of hydrogen-bond donors (Lipinski definition) is 1. The highest BCUT2D eigenvalue weighted by Crippen LogP contribution is 2.42. The van der Waals surface area contributed by atoms with E-state index in [0.29, 0.717) is 5.13 Å². The van der Waals surface area contributed by atoms with E-state index in [1.165, 1.54) is 11.3 Å². The number of benzene rings is 1. The number of hydrogen-bond acceptors (Lipinski definition) is 4. The van der Waals surface area contributed by atoms with Gasteiger partial charge in [0, 0.05) is 29.6 Å². The van der Waals surface area contributed by atoms with Crippen molar-refractivity contribution in [3.8, 4) is 11.3 Å². The fourth-order valence-corrected chi connectivity index (χ4v) is 4.19. The van der Waals surface area contributed by atoms with Crippen LogP contribution >= 0.6 is 11.3 Å². The molecule has 6 heteroatoms. The van der Waals surface area contributed by atoms with E-state index in [1.54, 1.807) is 4.90 Å². The van der Waals surface area contributed by atoms with Crippen LogP contribution in [0.2, 0.25) is 0 Å². The van der Waals surface area contributed by atoms with Crippen molar-refractivity contribution in [2.45, 2.75) is 46.0 Å². The molecule has 3 rings (SSSR count). The average Bonchev–Trinajstić information content (AvgIpc) is 3.14. The smallest absolute Gasteiger partial charge is 0.236 e. The standard InChI is InChI=1S/C20H25N3O2S/c1-6-12(7-2)17(24)22-19-21-15(11-26-19)13-8-9-16-14(10-13)20(3,4)18(25)23(16)5/h8-12H,6-7H2,1-5H3,(H,21,22,24). The number of fused-ring (bicyclic) bond motifs is 1. The van der Waals surface area contributed by atoms with Gasteiger partial charge in [-0.2, -0.15) is 0 Å². The van der Waals surface area contributed by atoms with Crippen molar-refractivity contribution >= 4 is 34.0 Å². The summed E-state index contributed by atoms with van der Waals surface area (Å²) in [4.78, 5) is 31.0. The Labute approximate surface area is 158 Å². The maximum absolute atomic E-state index is 12.4. The van der Waals surface area contributed by atoms with E-state index in [1.807, 2.05) is 58.3 Å². The van der Waals surface area contributed by atoms with Gasteiger partial charge >= 0.3 is 0 Å². The molecule has 1 N–H and O–H groups in total. The van der Waals surface area contributed by atoms with Crippen LogP contribution in [0.5, 0.6) is 0 Å². The Morgan fingerprint density at radius 2 is 2.00 bits per heavy atom. The Morgan fingerprint density at radius 3 is 2.65 bits per heavy atom. The third-order valence-corrected chi connectivity index (χ3v) is 6.01. The molecule has 0 spiro atoms. The monoisotopic (exact) mass is 371 g/mol. The van der Waals surface area contributed by atoms with Gasteiger partial charge in [-0.25, -0.2) is 4.98 Å². The molecule has 26 heavy (non-hydrogen) atoms. The molecule has 2 amide bonds. The molecule has 0 atom stereocenters. The van der Waals surface area contributed by atoms with Gasteiger partial charge in [0.25, 0.3) is 0 Å². The molecule has 0 bridgehead atoms. The van der Waals surface area contributed by atoms with Crippen LogP contribution in [-0.2, 0) is 15.0 Å². The normalized spacial score (nSPS) is 15.5. The first-order valence-electron chi connectivity index (χ1n) is 8.99. The molecule has 0 saturated carbocycles. The molecule has 0 aliphatic carbocycles. The van der Waals surface area contributed by atoms with Gasteiger partial charge in [-0.3, -0.25) is 9.59 Å². The molecule has 1 aliphatic heterocycles. The second-order valence-electron chi connectivity index (χ2n) is 7.26. The number of aromatic nitrogens is 1. The van der Waals surface area contributed by atoms with Crippen LogP contribution < -0.4 is 10.2 Å². The molecule has 138 valence electrons. The van der Waals surface area contributed by atoms with Gasteiger partial charge in [-0.15, -0.1) is 11.3 Å². The summed E-state index contributed by atoms with van der Waals surface area (Å²) in [6, 6.07) is 5.99. The number of anilines is 2. The summed E-state index contributed by atoms with van der Waals surface area (Å²) in [5, 5.41) is 5.48. The van der Waals surface area contributed by atoms with Gasteiger partial charge in [-0.05, 0) is 44.4 Å². The first-order chi connectivity index (χ1) is 12.3. The van der Waals surface area contributed by atoms with Crippen molar-refractivity contribution in [1.82, 2.24) is 4.98 Å². The van der Waals surface area contributed by atoms with Crippen molar-refractivity contribution in [3.05, 3.63) is 29.1 Å². The maximum atomic E-state index is 12.4. The van der Waals surface area contributed by atoms with Gasteiger partial charge in [0.15, 0.2) is 5.13 Å². The number of thiazole rings is 1. The zero-order valence-corrected chi connectivity index (χ0v) is 16.7. The van der Waals surface area contributed by atoms with Gasteiger partial charge in [0.05, 0.1) is 11.1 Å². The summed E-state index contributed by atoms with van der Waals surface area (Å²) in [6.07, 6.45) is 1.64. The lowest BCUT2D eigenvalue weighted by Gasteiger charge is -2.16. The summed E-state index contributed by atoms with van der Waals surface area (Å²) in [5.41, 5.74) is 3.19. The van der Waals surface area contributed by atoms with Crippen LogP contribution in [0.15, 0.2) is 23.6 Å². The second kappa shape index (κ2) is 6.83. The lowest BCUT2D eigenvalue weighted by molar-refractivity contribution is -0.122. The van der Waals surface area contributed by atoms with Crippen LogP contribution in [0, 0.1) is 5.92 Å². The summed E-state index contributed by atoms with van der Waals surface area (Å²) in [6.45, 7) is 7.94. The number of carbonyl (C=O) groups excluding carboxylic acids is 2. The van der Waals surface area contributed by atoms with Crippen molar-refractivity contribution < 1.29 is 9.59 Å². The fraction of sp³-hybridized carbons (Fsp3) is 0.450. The van der Waals surface area contributed by atoms with E-state index in [-0.39, 0.29) is 17.7 Å².